The Labute approximate surface area is 127 Å². The Morgan fingerprint density at radius 2 is 2.00 bits per heavy atom. The number of anilines is 1. The number of hydrogen-bond acceptors (Lipinski definition) is 2. The van der Waals surface area contributed by atoms with Crippen LogP contribution in [0.4, 0.5) is 5.69 Å². The molecule has 1 heterocycles. The third-order valence-corrected chi connectivity index (χ3v) is 3.58. The maximum atomic E-state index is 12.3. The van der Waals surface area contributed by atoms with Gasteiger partial charge >= 0.3 is 0 Å². The lowest BCUT2D eigenvalue weighted by molar-refractivity contribution is 0.0998. The number of nitrogens with one attached hydrogen (secondary N) is 1. The second-order valence-electron chi connectivity index (χ2n) is 4.76. The van der Waals surface area contributed by atoms with Gasteiger partial charge in [-0.05, 0) is 42.3 Å². The van der Waals surface area contributed by atoms with E-state index in [0.29, 0.717) is 10.6 Å². The van der Waals surface area contributed by atoms with E-state index in [1.165, 1.54) is 0 Å². The van der Waals surface area contributed by atoms with Gasteiger partial charge < -0.3 is 9.73 Å². The van der Waals surface area contributed by atoms with Crippen LogP contribution >= 0.6 is 11.6 Å². The van der Waals surface area contributed by atoms with Crippen LogP contribution in [0.25, 0.3) is 11.0 Å². The number of amides is 1. The molecular weight excluding hydrogens is 286 g/mol. The highest BCUT2D eigenvalue weighted by molar-refractivity contribution is 6.31. The molecule has 3 rings (SSSR count). The maximum Gasteiger partial charge on any atom is 0.291 e. The Balaban J connectivity index is 1.90. The van der Waals surface area contributed by atoms with Crippen molar-refractivity contribution in [1.82, 2.24) is 0 Å². The van der Waals surface area contributed by atoms with Crippen molar-refractivity contribution in [2.45, 2.75) is 13.3 Å². The molecule has 0 aliphatic rings. The number of hydrogen-bond donors (Lipinski definition) is 1. The smallest absolute Gasteiger partial charge is 0.291 e. The Morgan fingerprint density at radius 3 is 2.81 bits per heavy atom. The normalized spacial score (nSPS) is 10.8. The third kappa shape index (κ3) is 2.78. The van der Waals surface area contributed by atoms with Crippen molar-refractivity contribution in [3.8, 4) is 0 Å². The van der Waals surface area contributed by atoms with Gasteiger partial charge in [0, 0.05) is 16.1 Å². The molecule has 21 heavy (non-hydrogen) atoms. The van der Waals surface area contributed by atoms with Gasteiger partial charge in [-0.25, -0.2) is 0 Å². The molecule has 0 atom stereocenters. The van der Waals surface area contributed by atoms with Crippen LogP contribution in [-0.2, 0) is 6.42 Å². The number of furan rings is 1. The lowest BCUT2D eigenvalue weighted by Crippen LogP contribution is -2.12. The number of carbonyl (C=O) groups excluding carboxylic acids is 1. The van der Waals surface area contributed by atoms with Gasteiger partial charge in [-0.2, -0.15) is 0 Å². The van der Waals surface area contributed by atoms with E-state index >= 15 is 0 Å². The molecule has 0 saturated carbocycles. The summed E-state index contributed by atoms with van der Waals surface area (Å²) in [5.41, 5.74) is 2.54. The van der Waals surface area contributed by atoms with Crippen LogP contribution in [0.1, 0.15) is 23.0 Å². The van der Waals surface area contributed by atoms with Gasteiger partial charge in [-0.3, -0.25) is 4.79 Å². The molecule has 0 fully saturated rings. The van der Waals surface area contributed by atoms with E-state index in [1.54, 1.807) is 24.3 Å². The molecule has 106 valence electrons. The van der Waals surface area contributed by atoms with Crippen molar-refractivity contribution < 1.29 is 9.21 Å². The minimum absolute atomic E-state index is 0.261. The summed E-state index contributed by atoms with van der Waals surface area (Å²) in [6, 6.07) is 14.7. The first-order valence-corrected chi connectivity index (χ1v) is 7.13. The van der Waals surface area contributed by atoms with E-state index < -0.39 is 0 Å². The largest absolute Gasteiger partial charge is 0.451 e. The molecular formula is C17H14ClNO2. The van der Waals surface area contributed by atoms with Crippen molar-refractivity contribution in [1.29, 1.82) is 0 Å². The van der Waals surface area contributed by atoms with Crippen LogP contribution in [0.2, 0.25) is 5.02 Å². The topological polar surface area (TPSA) is 42.2 Å². The molecule has 4 heteroatoms. The summed E-state index contributed by atoms with van der Waals surface area (Å²) in [5, 5.41) is 4.32. The molecule has 0 aliphatic carbocycles. The number of carbonyl (C=O) groups is 1. The Kier molecular flexibility index (Phi) is 3.67. The summed E-state index contributed by atoms with van der Waals surface area (Å²) in [5.74, 6) is 0.0152. The molecule has 3 nitrogen and oxygen atoms in total. The minimum Gasteiger partial charge on any atom is -0.451 e. The molecule has 0 bridgehead atoms. The zero-order valence-electron chi connectivity index (χ0n) is 11.5. The van der Waals surface area contributed by atoms with Crippen LogP contribution in [0, 0.1) is 0 Å². The van der Waals surface area contributed by atoms with Crippen LogP contribution in [0.15, 0.2) is 52.9 Å². The van der Waals surface area contributed by atoms with E-state index in [9.17, 15) is 4.79 Å². The van der Waals surface area contributed by atoms with E-state index in [4.69, 9.17) is 16.0 Å². The quantitative estimate of drug-likeness (QED) is 0.747. The fourth-order valence-electron chi connectivity index (χ4n) is 2.26. The summed E-state index contributed by atoms with van der Waals surface area (Å²) in [6.07, 6.45) is 0.853. The molecule has 0 aliphatic heterocycles. The highest BCUT2D eigenvalue weighted by Gasteiger charge is 2.13. The van der Waals surface area contributed by atoms with Gasteiger partial charge in [0.15, 0.2) is 5.76 Å². The first-order chi connectivity index (χ1) is 10.2. The number of para-hydroxylation sites is 1. The standard InChI is InChI=1S/C17H14ClNO2/c1-2-11-5-3-4-6-14(11)19-17(20)16-10-12-9-13(18)7-8-15(12)21-16/h3-10H,2H2,1H3,(H,19,20). The van der Waals surface area contributed by atoms with Crippen LogP contribution < -0.4 is 5.32 Å². The Bertz CT molecular complexity index is 807. The SMILES string of the molecule is CCc1ccccc1NC(=O)c1cc2cc(Cl)ccc2o1. The van der Waals surface area contributed by atoms with E-state index in [0.717, 1.165) is 23.1 Å². The second kappa shape index (κ2) is 5.62. The highest BCUT2D eigenvalue weighted by atomic mass is 35.5. The highest BCUT2D eigenvalue weighted by Crippen LogP contribution is 2.24. The lowest BCUT2D eigenvalue weighted by Gasteiger charge is -2.07. The molecule has 1 aromatic heterocycles. The summed E-state index contributed by atoms with van der Waals surface area (Å²) in [6.45, 7) is 2.05. The molecule has 2 aromatic carbocycles. The maximum absolute atomic E-state index is 12.3. The van der Waals surface area contributed by atoms with Crippen molar-refractivity contribution >= 4 is 34.2 Å². The molecule has 0 saturated heterocycles. The average molecular weight is 300 g/mol. The number of benzene rings is 2. The summed E-state index contributed by atoms with van der Waals surface area (Å²) in [7, 11) is 0. The minimum atomic E-state index is -0.261. The van der Waals surface area contributed by atoms with Gasteiger partial charge in [0.05, 0.1) is 0 Å². The van der Waals surface area contributed by atoms with Gasteiger partial charge in [0.2, 0.25) is 0 Å². The fraction of sp³-hybridized carbons (Fsp3) is 0.118. The van der Waals surface area contributed by atoms with Gasteiger partial charge in [-0.15, -0.1) is 0 Å². The van der Waals surface area contributed by atoms with Gasteiger partial charge in [0.25, 0.3) is 5.91 Å². The van der Waals surface area contributed by atoms with E-state index in [2.05, 4.69) is 5.32 Å². The first-order valence-electron chi connectivity index (χ1n) is 6.75. The van der Waals surface area contributed by atoms with Crippen LogP contribution in [-0.4, -0.2) is 5.91 Å². The van der Waals surface area contributed by atoms with Gasteiger partial charge in [0.1, 0.15) is 5.58 Å². The van der Waals surface area contributed by atoms with E-state index in [-0.39, 0.29) is 11.7 Å². The number of aryl methyl sites for hydroxylation is 1. The van der Waals surface area contributed by atoms with Crippen molar-refractivity contribution in [3.63, 3.8) is 0 Å². The van der Waals surface area contributed by atoms with E-state index in [1.807, 2.05) is 31.2 Å². The van der Waals surface area contributed by atoms with Crippen LogP contribution in [0.3, 0.4) is 0 Å². The van der Waals surface area contributed by atoms with Crippen LogP contribution in [0.5, 0.6) is 0 Å². The number of halogens is 1. The molecule has 3 aromatic rings. The fourth-order valence-corrected chi connectivity index (χ4v) is 2.44. The number of fused-ring (bicyclic) bond motifs is 1. The predicted molar refractivity (Wildman–Crippen MR) is 85.0 cm³/mol. The molecule has 0 spiro atoms. The predicted octanol–water partition coefficient (Wildman–Crippen LogP) is 4.90. The molecule has 1 amide bonds. The number of rotatable bonds is 3. The van der Waals surface area contributed by atoms with Crippen molar-refractivity contribution in [3.05, 3.63) is 64.9 Å². The average Bonchev–Trinajstić information content (AvgIpc) is 2.91. The summed E-state index contributed by atoms with van der Waals surface area (Å²) < 4.78 is 5.56. The lowest BCUT2D eigenvalue weighted by atomic mass is 10.1. The zero-order valence-corrected chi connectivity index (χ0v) is 12.3. The second-order valence-corrected chi connectivity index (χ2v) is 5.19. The summed E-state index contributed by atoms with van der Waals surface area (Å²) >= 11 is 5.93. The molecule has 0 radical (unpaired) electrons. The first kappa shape index (κ1) is 13.7. The Hall–Kier alpha value is -2.26. The monoisotopic (exact) mass is 299 g/mol. The summed E-state index contributed by atoms with van der Waals surface area (Å²) in [4.78, 5) is 12.3. The molecule has 0 unspecified atom stereocenters. The van der Waals surface area contributed by atoms with Crippen molar-refractivity contribution in [2.24, 2.45) is 0 Å². The van der Waals surface area contributed by atoms with Crippen molar-refractivity contribution in [2.75, 3.05) is 5.32 Å². The Morgan fingerprint density at radius 1 is 1.19 bits per heavy atom. The zero-order chi connectivity index (χ0) is 14.8. The molecule has 1 N–H and O–H groups in total. The third-order valence-electron chi connectivity index (χ3n) is 3.35. The van der Waals surface area contributed by atoms with Gasteiger partial charge in [-0.1, -0.05) is 36.7 Å².